The summed E-state index contributed by atoms with van der Waals surface area (Å²) in [5.41, 5.74) is 11.0. The molecule has 6 saturated heterocycles. The van der Waals surface area contributed by atoms with Crippen LogP contribution >= 0.6 is 33.0 Å². The van der Waals surface area contributed by atoms with E-state index in [9.17, 15) is 9.59 Å². The fourth-order valence-corrected chi connectivity index (χ4v) is 10.3. The Hall–Kier alpha value is -4.10. The summed E-state index contributed by atoms with van der Waals surface area (Å²) in [5.74, 6) is 2.53. The molecule has 11 nitrogen and oxygen atoms in total. The minimum Gasteiger partial charge on any atom is -0.464 e. The fourth-order valence-electron chi connectivity index (χ4n) is 10.2. The van der Waals surface area contributed by atoms with E-state index in [-0.39, 0.29) is 6.15 Å². The molecule has 8 fully saturated rings. The number of hydrogen-bond donors (Lipinski definition) is 1. The number of nitrogens with two attached hydrogens (primary N) is 1. The van der Waals surface area contributed by atoms with Crippen molar-refractivity contribution in [1.29, 1.82) is 0 Å². The fraction of sp³-hybridized carbons (Fsp3) is 0.413. The number of ketones is 1. The van der Waals surface area contributed by atoms with Crippen LogP contribution in [0.1, 0.15) is 78.5 Å². The van der Waals surface area contributed by atoms with Crippen molar-refractivity contribution in [2.24, 2.45) is 23.5 Å². The second-order valence-corrected chi connectivity index (χ2v) is 19.3. The van der Waals surface area contributed by atoms with Gasteiger partial charge in [-0.05, 0) is 168 Å². The highest BCUT2D eigenvalue weighted by Crippen LogP contribution is 2.58. The zero-order chi connectivity index (χ0) is 43.1. The highest BCUT2D eigenvalue weighted by atomic mass is 36.0. The third kappa shape index (κ3) is 10.4. The molecule has 322 valence electrons. The summed E-state index contributed by atoms with van der Waals surface area (Å²) in [5, 5.41) is 2.64. The van der Waals surface area contributed by atoms with Crippen molar-refractivity contribution in [3.8, 4) is 0 Å². The van der Waals surface area contributed by atoms with Crippen molar-refractivity contribution in [3.63, 3.8) is 0 Å². The van der Waals surface area contributed by atoms with Crippen molar-refractivity contribution in [3.05, 3.63) is 109 Å². The van der Waals surface area contributed by atoms with Gasteiger partial charge in [0.25, 0.3) is 5.24 Å². The summed E-state index contributed by atoms with van der Waals surface area (Å²) in [6.45, 7) is 5.18. The quantitative estimate of drug-likeness (QED) is 0.133. The minimum atomic E-state index is -1.67. The van der Waals surface area contributed by atoms with Crippen molar-refractivity contribution < 1.29 is 36.6 Å². The SMILES string of the molecule is NC1C2CCN(CC2)C12CC2.O=C(CC1C2CCN(CC2)C12CC2)c1ccc2occc2c1.O=C(Cl)c1ccc2occc2c1.O=C=O.O=S(Cl)Cl.c1ccc2occc2c1. The molecule has 6 aliphatic heterocycles. The highest BCUT2D eigenvalue weighted by molar-refractivity contribution is 8.26. The van der Waals surface area contributed by atoms with E-state index in [1.165, 1.54) is 77.5 Å². The minimum absolute atomic E-state index is 0.250. The van der Waals surface area contributed by atoms with Crippen LogP contribution in [0, 0.1) is 17.8 Å². The number of hydrogen-bond acceptors (Lipinski definition) is 11. The summed E-state index contributed by atoms with van der Waals surface area (Å²) < 4.78 is 24.7. The molecular weight excluding hydrogens is 861 g/mol. The lowest BCUT2D eigenvalue weighted by atomic mass is 9.69. The van der Waals surface area contributed by atoms with Gasteiger partial charge in [0, 0.05) is 72.2 Å². The molecule has 2 unspecified atom stereocenters. The molecule has 61 heavy (non-hydrogen) atoms. The predicted molar refractivity (Wildman–Crippen MR) is 237 cm³/mol. The van der Waals surface area contributed by atoms with E-state index in [0.717, 1.165) is 56.7 Å². The lowest BCUT2D eigenvalue weighted by molar-refractivity contribution is -0.191. The van der Waals surface area contributed by atoms with Crippen LogP contribution in [0.15, 0.2) is 111 Å². The molecule has 2 N–H and O–H groups in total. The van der Waals surface area contributed by atoms with Crippen molar-refractivity contribution in [2.45, 2.75) is 74.9 Å². The summed E-state index contributed by atoms with van der Waals surface area (Å²) >= 11 is 5.30. The van der Waals surface area contributed by atoms with Crippen molar-refractivity contribution >= 4 is 92.3 Å². The number of carbonyl (C=O) groups is 2. The maximum atomic E-state index is 12.8. The van der Waals surface area contributed by atoms with Gasteiger partial charge in [-0.2, -0.15) is 9.59 Å². The molecule has 3 aromatic carbocycles. The van der Waals surface area contributed by atoms with E-state index in [0.29, 0.717) is 34.4 Å². The van der Waals surface area contributed by atoms with Gasteiger partial charge in [-0.15, -0.1) is 0 Å². The van der Waals surface area contributed by atoms with Crippen LogP contribution in [0.2, 0.25) is 0 Å². The standard InChI is InChI=1S/C19H21NO2.C9H5ClO2.C9H16N2.C8H6O.CO2.Cl2OS/c21-17(14-1-2-18-15(11-14)5-10-22-18)12-16-13-3-8-20(9-4-13)19(16)6-7-19;10-9(11)7-1-2-8-6(5-7)3-4-12-8;10-8-7-1-5-11(6-2-7)9(8)3-4-9;1-2-4-8-7(3-1)5-6-9-8;2-1-3;1-4(2)3/h1-2,5,10-11,13,16H,3-4,6-9,12H2;1-5H;7-8H,1-6,10H2;1-6H;;. The number of nitrogens with zero attached hydrogens (tertiary/aromatic N) is 2. The molecule has 14 rings (SSSR count). The second-order valence-electron chi connectivity index (χ2n) is 16.5. The monoisotopic (exact) mass is 907 g/mol. The van der Waals surface area contributed by atoms with Crippen LogP contribution in [-0.2, 0) is 18.8 Å². The largest absolute Gasteiger partial charge is 0.464 e. The van der Waals surface area contributed by atoms with Gasteiger partial charge in [-0.3, -0.25) is 19.4 Å². The number of para-hydroxylation sites is 1. The lowest BCUT2D eigenvalue weighted by Gasteiger charge is -2.52. The zero-order valence-electron chi connectivity index (χ0n) is 33.5. The topological polar surface area (TPSA) is 157 Å². The molecule has 8 aliphatic rings. The molecule has 0 radical (unpaired) electrons. The molecule has 2 aliphatic carbocycles. The van der Waals surface area contributed by atoms with Gasteiger partial charge in [0.05, 0.1) is 18.8 Å². The van der Waals surface area contributed by atoms with E-state index >= 15 is 0 Å². The lowest BCUT2D eigenvalue weighted by Crippen LogP contribution is -2.63. The second kappa shape index (κ2) is 19.9. The van der Waals surface area contributed by atoms with Crippen molar-refractivity contribution in [2.75, 3.05) is 26.2 Å². The molecule has 2 spiro atoms. The van der Waals surface area contributed by atoms with Gasteiger partial charge in [0.1, 0.15) is 16.7 Å². The van der Waals surface area contributed by atoms with Crippen LogP contribution in [0.25, 0.3) is 32.9 Å². The van der Waals surface area contributed by atoms with E-state index < -0.39 is 14.5 Å². The van der Waals surface area contributed by atoms with Gasteiger partial charge < -0.3 is 19.0 Å². The Morgan fingerprint density at radius 1 is 0.672 bits per heavy atom. The number of rotatable bonds is 4. The molecule has 4 bridgehead atoms. The van der Waals surface area contributed by atoms with Gasteiger partial charge in [0.2, 0.25) is 9.23 Å². The number of benzene rings is 3. The highest BCUT2D eigenvalue weighted by Gasteiger charge is 2.60. The predicted octanol–water partition coefficient (Wildman–Crippen LogP) is 10.2. The number of furan rings is 3. The normalized spacial score (nSPS) is 25.0. The molecule has 6 aromatic rings. The number of Topliss-reactive ketones (excluding diaryl/α,β-unsaturated/α-hetero) is 1. The first-order valence-corrected chi connectivity index (χ1v) is 23.7. The molecule has 2 atom stereocenters. The number of fused-ring (bicyclic) bond motifs is 7. The summed E-state index contributed by atoms with van der Waals surface area (Å²) in [4.78, 5) is 45.2. The van der Waals surface area contributed by atoms with Gasteiger partial charge in [-0.25, -0.2) is 4.21 Å². The Labute approximate surface area is 370 Å². The van der Waals surface area contributed by atoms with E-state index in [4.69, 9.17) is 44.4 Å². The van der Waals surface area contributed by atoms with Crippen LogP contribution < -0.4 is 5.73 Å². The van der Waals surface area contributed by atoms with E-state index in [1.54, 1.807) is 43.1 Å². The van der Waals surface area contributed by atoms with E-state index in [2.05, 4.69) is 31.2 Å². The number of piperidine rings is 6. The van der Waals surface area contributed by atoms with E-state index in [1.807, 2.05) is 54.6 Å². The summed E-state index contributed by atoms with van der Waals surface area (Å²) in [7, 11) is 7.36. The van der Waals surface area contributed by atoms with Gasteiger partial charge in [-0.1, -0.05) is 18.2 Å². The molecule has 2 saturated carbocycles. The zero-order valence-corrected chi connectivity index (χ0v) is 36.6. The van der Waals surface area contributed by atoms with Crippen molar-refractivity contribution in [1.82, 2.24) is 9.80 Å². The maximum Gasteiger partial charge on any atom is 0.373 e. The Morgan fingerprint density at radius 3 is 1.59 bits per heavy atom. The molecule has 3 aromatic heterocycles. The van der Waals surface area contributed by atoms with Gasteiger partial charge >= 0.3 is 6.15 Å². The molecular formula is C46H48Cl3N3O8S. The first-order chi connectivity index (χ1) is 29.5. The smallest absolute Gasteiger partial charge is 0.373 e. The average molecular weight is 909 g/mol. The maximum absolute atomic E-state index is 12.8. The van der Waals surface area contributed by atoms with Crippen LogP contribution in [0.5, 0.6) is 0 Å². The first-order valence-electron chi connectivity index (χ1n) is 20.6. The third-order valence-electron chi connectivity index (χ3n) is 13.5. The molecule has 9 heterocycles. The third-order valence-corrected chi connectivity index (χ3v) is 13.7. The number of halogens is 3. The van der Waals surface area contributed by atoms with Crippen LogP contribution in [0.4, 0.5) is 0 Å². The average Bonchev–Trinajstić information content (AvgIpc) is 4.00. The first kappa shape index (κ1) is 44.9. The molecule has 0 amide bonds. The molecule has 15 heteroatoms. The van der Waals surface area contributed by atoms with Crippen LogP contribution in [-0.4, -0.2) is 74.5 Å². The summed E-state index contributed by atoms with van der Waals surface area (Å²) in [6, 6.07) is 25.0. The van der Waals surface area contributed by atoms with Crippen LogP contribution in [0.3, 0.4) is 0 Å². The number of carbonyl (C=O) groups excluding carboxylic acids is 4. The summed E-state index contributed by atoms with van der Waals surface area (Å²) in [6.07, 6.45) is 16.6. The Balaban J connectivity index is 0.000000123. The van der Waals surface area contributed by atoms with Gasteiger partial charge in [0.15, 0.2) is 5.78 Å². The Bertz CT molecular complexity index is 2450. The Kier molecular flexibility index (Phi) is 14.7. The Morgan fingerprint density at radius 2 is 1.11 bits per heavy atom.